The maximum absolute atomic E-state index is 10.9. The molecule has 3 rings (SSSR count). The number of rotatable bonds is 3. The van der Waals surface area contributed by atoms with E-state index in [0.29, 0.717) is 12.4 Å². The van der Waals surface area contributed by atoms with Crippen LogP contribution in [0.1, 0.15) is 52.6 Å². The predicted octanol–water partition coefficient (Wildman–Crippen LogP) is 1.80. The Hall–Kier alpha value is -0.873. The van der Waals surface area contributed by atoms with Crippen molar-refractivity contribution in [2.24, 2.45) is 0 Å². The summed E-state index contributed by atoms with van der Waals surface area (Å²) in [4.78, 5) is 0. The molecule has 1 N–H and O–H groups in total. The second kappa shape index (κ2) is 5.57. The molecule has 8 nitrogen and oxygen atoms in total. The van der Waals surface area contributed by atoms with Crippen LogP contribution in [0.5, 0.6) is 0 Å². The third-order valence-corrected chi connectivity index (χ3v) is 9.87. The van der Waals surface area contributed by atoms with Crippen LogP contribution in [0.2, 0.25) is 18.1 Å². The molecule has 4 atom stereocenters. The summed E-state index contributed by atoms with van der Waals surface area (Å²) in [5.74, 6) is -0.192. The lowest BCUT2D eigenvalue weighted by molar-refractivity contribution is -0.157. The Kier molecular flexibility index (Phi) is 4.16. The third kappa shape index (κ3) is 2.92. The van der Waals surface area contributed by atoms with E-state index in [9.17, 15) is 5.11 Å². The van der Waals surface area contributed by atoms with Crippen LogP contribution >= 0.6 is 0 Å². The minimum absolute atomic E-state index is 0.0908. The largest absolute Gasteiger partial charge is 0.415 e. The zero-order valence-corrected chi connectivity index (χ0v) is 16.5. The van der Waals surface area contributed by atoms with Crippen LogP contribution < -0.4 is 0 Å². The van der Waals surface area contributed by atoms with Gasteiger partial charge in [-0.05, 0) is 42.4 Å². The van der Waals surface area contributed by atoms with E-state index < -0.39 is 32.4 Å². The molecular formula is C15H28N4O4Si. The number of tetrazole rings is 1. The lowest BCUT2D eigenvalue weighted by atomic mass is 9.97. The van der Waals surface area contributed by atoms with Crippen LogP contribution in [-0.2, 0) is 13.9 Å². The summed E-state index contributed by atoms with van der Waals surface area (Å²) >= 11 is 0. The number of aliphatic hydroxyl groups excluding tert-OH is 1. The summed E-state index contributed by atoms with van der Waals surface area (Å²) in [7, 11) is -1.95. The number of fused-ring (bicyclic) bond motifs is 3. The molecule has 1 saturated heterocycles. The van der Waals surface area contributed by atoms with E-state index in [-0.39, 0.29) is 11.1 Å². The van der Waals surface area contributed by atoms with Crippen molar-refractivity contribution in [3.8, 4) is 0 Å². The second-order valence-electron chi connectivity index (χ2n) is 8.63. The van der Waals surface area contributed by atoms with Crippen molar-refractivity contribution in [3.05, 3.63) is 5.82 Å². The molecule has 0 aromatic carbocycles. The van der Waals surface area contributed by atoms with Crippen molar-refractivity contribution in [2.75, 3.05) is 6.61 Å². The Bertz CT molecular complexity index is 613. The topological polar surface area (TPSA) is 91.5 Å². The van der Waals surface area contributed by atoms with Crippen molar-refractivity contribution >= 4 is 8.32 Å². The molecule has 3 heterocycles. The highest BCUT2D eigenvalue weighted by Crippen LogP contribution is 2.45. The zero-order chi connectivity index (χ0) is 17.9. The number of hydrogen-bond donors (Lipinski definition) is 1. The van der Waals surface area contributed by atoms with E-state index in [4.69, 9.17) is 13.9 Å². The van der Waals surface area contributed by atoms with E-state index in [1.807, 2.05) is 13.8 Å². The molecule has 24 heavy (non-hydrogen) atoms. The van der Waals surface area contributed by atoms with Crippen molar-refractivity contribution in [3.63, 3.8) is 0 Å². The van der Waals surface area contributed by atoms with Gasteiger partial charge in [-0.3, -0.25) is 0 Å². The highest BCUT2D eigenvalue weighted by atomic mass is 28.4. The standard InChI is InChI=1S/C15H28N4O4Si/c1-14(2,3)24(6,7)21-8-9-10(20)11-12(23-15(4,5)22-11)13-16-17-18-19(9)13/h9-12,20H,8H2,1-7H3/t9-,10-,11+,12+/m1/s1. The Morgan fingerprint density at radius 1 is 1.29 bits per heavy atom. The van der Waals surface area contributed by atoms with E-state index in [0.717, 1.165) is 0 Å². The molecule has 0 bridgehead atoms. The molecule has 9 heteroatoms. The first-order chi connectivity index (χ1) is 10.9. The van der Waals surface area contributed by atoms with Crippen molar-refractivity contribution in [2.45, 2.75) is 82.9 Å². The van der Waals surface area contributed by atoms with Gasteiger partial charge in [0.05, 0.1) is 6.61 Å². The molecule has 0 spiro atoms. The Balaban J connectivity index is 1.84. The summed E-state index contributed by atoms with van der Waals surface area (Å²) in [5.41, 5.74) is 0. The summed E-state index contributed by atoms with van der Waals surface area (Å²) in [6, 6.07) is -0.386. The smallest absolute Gasteiger partial charge is 0.192 e. The van der Waals surface area contributed by atoms with Crippen LogP contribution in [-0.4, -0.2) is 58.2 Å². The number of aliphatic hydroxyl groups is 1. The molecule has 136 valence electrons. The van der Waals surface area contributed by atoms with Gasteiger partial charge < -0.3 is 19.0 Å². The minimum Gasteiger partial charge on any atom is -0.415 e. The number of nitrogens with zero attached hydrogens (tertiary/aromatic N) is 4. The lowest BCUT2D eigenvalue weighted by Gasteiger charge is -2.39. The first-order valence-electron chi connectivity index (χ1n) is 8.38. The Morgan fingerprint density at radius 3 is 2.58 bits per heavy atom. The van der Waals surface area contributed by atoms with Gasteiger partial charge in [-0.1, -0.05) is 20.8 Å². The first kappa shape index (κ1) is 17.9. The molecule has 0 amide bonds. The molecule has 2 aliphatic heterocycles. The molecule has 1 aromatic heterocycles. The van der Waals surface area contributed by atoms with Gasteiger partial charge in [0.1, 0.15) is 18.2 Å². The van der Waals surface area contributed by atoms with E-state index in [1.54, 1.807) is 4.68 Å². The van der Waals surface area contributed by atoms with Crippen LogP contribution in [0.15, 0.2) is 0 Å². The normalized spacial score (nSPS) is 32.5. The van der Waals surface area contributed by atoms with E-state index in [2.05, 4.69) is 49.4 Å². The predicted molar refractivity (Wildman–Crippen MR) is 88.8 cm³/mol. The molecule has 1 aromatic rings. The summed E-state index contributed by atoms with van der Waals surface area (Å²) < 4.78 is 19.7. The molecule has 0 aliphatic carbocycles. The fourth-order valence-electron chi connectivity index (χ4n) is 2.91. The van der Waals surface area contributed by atoms with Gasteiger partial charge in [0.15, 0.2) is 26.0 Å². The average Bonchev–Trinajstić information content (AvgIpc) is 3.00. The van der Waals surface area contributed by atoms with Gasteiger partial charge in [0.25, 0.3) is 0 Å². The van der Waals surface area contributed by atoms with Gasteiger partial charge in [-0.15, -0.1) is 5.10 Å². The van der Waals surface area contributed by atoms with Crippen molar-refractivity contribution in [1.82, 2.24) is 20.2 Å². The number of aromatic nitrogens is 4. The van der Waals surface area contributed by atoms with Gasteiger partial charge in [-0.2, -0.15) is 0 Å². The van der Waals surface area contributed by atoms with Crippen LogP contribution in [0.25, 0.3) is 0 Å². The Morgan fingerprint density at radius 2 is 1.96 bits per heavy atom. The van der Waals surface area contributed by atoms with Gasteiger partial charge >= 0.3 is 0 Å². The lowest BCUT2D eigenvalue weighted by Crippen LogP contribution is -2.49. The average molecular weight is 356 g/mol. The number of ether oxygens (including phenoxy) is 2. The maximum Gasteiger partial charge on any atom is 0.192 e. The molecule has 2 aliphatic rings. The van der Waals surface area contributed by atoms with E-state index in [1.165, 1.54) is 0 Å². The highest BCUT2D eigenvalue weighted by Gasteiger charge is 2.54. The van der Waals surface area contributed by atoms with Gasteiger partial charge in [-0.25, -0.2) is 4.68 Å². The zero-order valence-electron chi connectivity index (χ0n) is 15.5. The second-order valence-corrected chi connectivity index (χ2v) is 13.4. The van der Waals surface area contributed by atoms with Crippen LogP contribution in [0.3, 0.4) is 0 Å². The van der Waals surface area contributed by atoms with E-state index >= 15 is 0 Å². The van der Waals surface area contributed by atoms with Gasteiger partial charge in [0, 0.05) is 0 Å². The fraction of sp³-hybridized carbons (Fsp3) is 0.933. The van der Waals surface area contributed by atoms with Gasteiger partial charge in [0.2, 0.25) is 0 Å². The molecule has 0 unspecified atom stereocenters. The summed E-state index contributed by atoms with van der Waals surface area (Å²) in [6.07, 6.45) is -1.75. The highest BCUT2D eigenvalue weighted by molar-refractivity contribution is 6.74. The van der Waals surface area contributed by atoms with Crippen LogP contribution in [0.4, 0.5) is 0 Å². The summed E-state index contributed by atoms with van der Waals surface area (Å²) in [6.45, 7) is 14.9. The third-order valence-electron chi connectivity index (χ3n) is 5.37. The fourth-order valence-corrected chi connectivity index (χ4v) is 3.93. The first-order valence-corrected chi connectivity index (χ1v) is 11.3. The summed E-state index contributed by atoms with van der Waals surface area (Å²) in [5, 5.41) is 22.8. The molecule has 0 radical (unpaired) electrons. The molecule has 0 saturated carbocycles. The quantitative estimate of drug-likeness (QED) is 0.826. The van der Waals surface area contributed by atoms with Crippen molar-refractivity contribution < 1.29 is 19.0 Å². The maximum atomic E-state index is 10.9. The molecule has 1 fully saturated rings. The monoisotopic (exact) mass is 356 g/mol. The Labute approximate surface area is 143 Å². The SMILES string of the molecule is CC1(C)O[C@H]2[C@H](O)[C@@H](CO[Si](C)(C)C(C)(C)C)n3nnnc3[C@H]2O1. The van der Waals surface area contributed by atoms with Crippen LogP contribution in [0, 0.1) is 0 Å². The van der Waals surface area contributed by atoms with Crippen molar-refractivity contribution in [1.29, 1.82) is 0 Å². The number of hydrogen-bond acceptors (Lipinski definition) is 7. The minimum atomic E-state index is -1.95. The molecular weight excluding hydrogens is 328 g/mol.